The van der Waals surface area contributed by atoms with Gasteiger partial charge in [0.2, 0.25) is 0 Å². The Hall–Kier alpha value is -0.558. The normalized spacial score (nSPS) is 12.5. The summed E-state index contributed by atoms with van der Waals surface area (Å²) in [5.41, 5.74) is -0.257. The lowest BCUT2D eigenvalue weighted by Gasteiger charge is -2.36. The van der Waals surface area contributed by atoms with Crippen molar-refractivity contribution in [2.45, 2.75) is 38.9 Å². The molecule has 0 spiro atoms. The summed E-state index contributed by atoms with van der Waals surface area (Å²) in [5.74, 6) is -0.608. The van der Waals surface area contributed by atoms with Gasteiger partial charge in [0.25, 0.3) is 8.32 Å². The number of halogens is 2. The molecule has 106 valence electrons. The first-order valence-electron chi connectivity index (χ1n) is 6.00. The van der Waals surface area contributed by atoms with E-state index in [1.807, 2.05) is 13.1 Å². The van der Waals surface area contributed by atoms with E-state index >= 15 is 0 Å². The molecule has 0 aliphatic rings. The van der Waals surface area contributed by atoms with Crippen LogP contribution in [-0.4, -0.2) is 25.5 Å². The van der Waals surface area contributed by atoms with Crippen molar-refractivity contribution in [3.63, 3.8) is 0 Å². The van der Waals surface area contributed by atoms with Crippen molar-refractivity contribution in [1.82, 2.24) is 0 Å². The molecule has 7 heteroatoms. The van der Waals surface area contributed by atoms with Gasteiger partial charge in [-0.3, -0.25) is 0 Å². The monoisotopic (exact) mass is 304 g/mol. The Balaban J connectivity index is 3.15. The van der Waals surface area contributed by atoms with Crippen molar-refractivity contribution in [2.24, 2.45) is 0 Å². The fourth-order valence-electron chi connectivity index (χ4n) is 1.25. The van der Waals surface area contributed by atoms with Gasteiger partial charge in [-0.25, -0.2) is 4.39 Å². The molecule has 2 N–H and O–H groups in total. The van der Waals surface area contributed by atoms with Crippen molar-refractivity contribution in [2.75, 3.05) is 0 Å². The van der Waals surface area contributed by atoms with Crippen LogP contribution in [0.1, 0.15) is 20.8 Å². The summed E-state index contributed by atoms with van der Waals surface area (Å²) in [6, 6.07) is 2.75. The Kier molecular flexibility index (Phi) is 4.72. The van der Waals surface area contributed by atoms with Crippen molar-refractivity contribution in [3.05, 3.63) is 23.0 Å². The van der Waals surface area contributed by atoms with Crippen LogP contribution in [0.15, 0.2) is 12.1 Å². The lowest BCUT2D eigenvalue weighted by atomic mass is 9.80. The van der Waals surface area contributed by atoms with Crippen LogP contribution in [0.5, 0.6) is 5.75 Å². The zero-order chi connectivity index (χ0) is 15.0. The van der Waals surface area contributed by atoms with Gasteiger partial charge in [0.1, 0.15) is 16.6 Å². The highest BCUT2D eigenvalue weighted by atomic mass is 35.5. The Morgan fingerprint density at radius 3 is 2.21 bits per heavy atom. The second-order valence-electron chi connectivity index (χ2n) is 6.02. The van der Waals surface area contributed by atoms with E-state index in [1.54, 1.807) is 0 Å². The molecule has 0 heterocycles. The molecule has 0 bridgehead atoms. The van der Waals surface area contributed by atoms with Crippen molar-refractivity contribution < 1.29 is 18.9 Å². The predicted octanol–water partition coefficient (Wildman–Crippen LogP) is 2.54. The third-order valence-corrected chi connectivity index (χ3v) is 8.22. The average molecular weight is 305 g/mol. The summed E-state index contributed by atoms with van der Waals surface area (Å²) in [7, 11) is -4.01. The lowest BCUT2D eigenvalue weighted by molar-refractivity contribution is 0.422. The second-order valence-corrected chi connectivity index (χ2v) is 11.1. The molecule has 19 heavy (non-hydrogen) atoms. The van der Waals surface area contributed by atoms with Gasteiger partial charge in [-0.2, -0.15) is 0 Å². The Morgan fingerprint density at radius 2 is 1.79 bits per heavy atom. The molecule has 0 aliphatic heterocycles. The summed E-state index contributed by atoms with van der Waals surface area (Å²) >= 11 is 5.90. The summed E-state index contributed by atoms with van der Waals surface area (Å²) in [6.45, 7) is 10.2. The molecule has 0 amide bonds. The van der Waals surface area contributed by atoms with Crippen LogP contribution in [0, 0.1) is 5.82 Å². The summed E-state index contributed by atoms with van der Waals surface area (Å²) in [5, 5.41) is 17.8. The molecule has 0 unspecified atom stereocenters. The summed E-state index contributed by atoms with van der Waals surface area (Å²) < 4.78 is 19.8. The Bertz CT molecular complexity index is 475. The van der Waals surface area contributed by atoms with Crippen LogP contribution in [-0.2, 0) is 0 Å². The van der Waals surface area contributed by atoms with Crippen LogP contribution in [0.3, 0.4) is 0 Å². The number of hydrogen-bond donors (Lipinski definition) is 2. The maximum Gasteiger partial charge on any atom is 0.491 e. The van der Waals surface area contributed by atoms with E-state index < -0.39 is 21.3 Å². The second kappa shape index (κ2) is 5.44. The summed E-state index contributed by atoms with van der Waals surface area (Å²) in [4.78, 5) is 0. The van der Waals surface area contributed by atoms with Crippen LogP contribution in [0.2, 0.25) is 23.2 Å². The highest BCUT2D eigenvalue weighted by Gasteiger charge is 2.39. The van der Waals surface area contributed by atoms with E-state index in [4.69, 9.17) is 26.1 Å². The molecule has 0 saturated carbocycles. The van der Waals surface area contributed by atoms with Crippen molar-refractivity contribution >= 4 is 32.5 Å². The van der Waals surface area contributed by atoms with Crippen molar-refractivity contribution in [1.29, 1.82) is 0 Å². The van der Waals surface area contributed by atoms with Gasteiger partial charge in [0.05, 0.1) is 0 Å². The molecule has 0 atom stereocenters. The molecular formula is C12H19BClFO3Si. The minimum atomic E-state index is -2.12. The molecule has 3 nitrogen and oxygen atoms in total. The zero-order valence-electron chi connectivity index (χ0n) is 11.8. The molecule has 0 radical (unpaired) electrons. The molecule has 0 aliphatic carbocycles. The fourth-order valence-corrected chi connectivity index (χ4v) is 2.55. The van der Waals surface area contributed by atoms with E-state index in [9.17, 15) is 4.39 Å². The van der Waals surface area contributed by atoms with Gasteiger partial charge >= 0.3 is 7.12 Å². The fraction of sp³-hybridized carbons (Fsp3) is 0.500. The molecular weight excluding hydrogens is 285 g/mol. The van der Waals surface area contributed by atoms with Crippen LogP contribution >= 0.6 is 11.6 Å². The quantitative estimate of drug-likeness (QED) is 0.844. The smallest absolute Gasteiger partial charge is 0.491 e. The number of hydrogen-bond acceptors (Lipinski definition) is 3. The standard InChI is InChI=1S/C12H19BClFO3Si/c1-12(2,3)19(4,5)18-9-7-6-8(13(16)17)11(15)10(9)14/h6-7,16-17H,1-5H3. The van der Waals surface area contributed by atoms with Crippen molar-refractivity contribution in [3.8, 4) is 5.75 Å². The van der Waals surface area contributed by atoms with Crippen LogP contribution in [0.4, 0.5) is 4.39 Å². The average Bonchev–Trinajstić information content (AvgIpc) is 2.22. The van der Waals surface area contributed by atoms with E-state index in [0.29, 0.717) is 0 Å². The highest BCUT2D eigenvalue weighted by molar-refractivity contribution is 6.74. The zero-order valence-corrected chi connectivity index (χ0v) is 13.5. The minimum absolute atomic E-state index is 0.0397. The largest absolute Gasteiger partial charge is 0.542 e. The van der Waals surface area contributed by atoms with Gasteiger partial charge in [-0.05, 0) is 24.2 Å². The van der Waals surface area contributed by atoms with Crippen LogP contribution < -0.4 is 9.89 Å². The predicted molar refractivity (Wildman–Crippen MR) is 79.1 cm³/mol. The maximum atomic E-state index is 13.9. The molecule has 1 rings (SSSR count). The SMILES string of the molecule is CC(C)(C)[Si](C)(C)Oc1ccc(B(O)O)c(F)c1Cl. The summed E-state index contributed by atoms with van der Waals surface area (Å²) in [6.07, 6.45) is 0. The Morgan fingerprint density at radius 1 is 1.26 bits per heavy atom. The number of benzene rings is 1. The minimum Gasteiger partial charge on any atom is -0.542 e. The van der Waals surface area contributed by atoms with E-state index in [1.165, 1.54) is 12.1 Å². The third-order valence-electron chi connectivity index (χ3n) is 3.53. The van der Waals surface area contributed by atoms with Crippen LogP contribution in [0.25, 0.3) is 0 Å². The molecule has 0 fully saturated rings. The van der Waals surface area contributed by atoms with Gasteiger partial charge in [-0.1, -0.05) is 38.4 Å². The number of rotatable bonds is 3. The van der Waals surface area contributed by atoms with E-state index in [0.717, 1.165) is 0 Å². The molecule has 0 aromatic heterocycles. The first kappa shape index (κ1) is 16.5. The van der Waals surface area contributed by atoms with E-state index in [2.05, 4.69) is 20.8 Å². The van der Waals surface area contributed by atoms with Gasteiger partial charge in [-0.15, -0.1) is 0 Å². The van der Waals surface area contributed by atoms with Gasteiger partial charge in [0, 0.05) is 5.46 Å². The Labute approximate surface area is 119 Å². The maximum absolute atomic E-state index is 13.9. The lowest BCUT2D eigenvalue weighted by Crippen LogP contribution is -2.44. The van der Waals surface area contributed by atoms with Gasteiger partial charge < -0.3 is 14.5 Å². The molecule has 1 aromatic carbocycles. The first-order chi connectivity index (χ1) is 8.47. The third kappa shape index (κ3) is 3.51. The van der Waals surface area contributed by atoms with E-state index in [-0.39, 0.29) is 21.3 Å². The highest BCUT2D eigenvalue weighted by Crippen LogP contribution is 2.39. The van der Waals surface area contributed by atoms with Gasteiger partial charge in [0.15, 0.2) is 0 Å². The topological polar surface area (TPSA) is 49.7 Å². The molecule has 0 saturated heterocycles. The molecule has 1 aromatic rings. The first-order valence-corrected chi connectivity index (χ1v) is 9.29.